The Morgan fingerprint density at radius 2 is 1.63 bits per heavy atom. The van der Waals surface area contributed by atoms with E-state index in [9.17, 15) is 0 Å². The molecule has 0 aliphatic rings. The van der Waals surface area contributed by atoms with Gasteiger partial charge >= 0.3 is 0 Å². The zero-order valence-electron chi connectivity index (χ0n) is 11.8. The molecule has 1 atom stereocenters. The molecule has 19 heavy (non-hydrogen) atoms. The smallest absolute Gasteiger partial charge is 0.00212 e. The molecular formula is C19H22. The highest BCUT2D eigenvalue weighted by Crippen LogP contribution is 2.24. The number of benzene rings is 2. The number of allylic oxidation sites excluding steroid dienone is 1. The molecule has 0 amide bonds. The first-order valence-electron chi connectivity index (χ1n) is 7.10. The van der Waals surface area contributed by atoms with Crippen LogP contribution >= 0.6 is 0 Å². The van der Waals surface area contributed by atoms with Gasteiger partial charge < -0.3 is 0 Å². The van der Waals surface area contributed by atoms with Crippen molar-refractivity contribution in [2.24, 2.45) is 0 Å². The van der Waals surface area contributed by atoms with Gasteiger partial charge in [0, 0.05) is 5.92 Å². The maximum absolute atomic E-state index is 2.35. The summed E-state index contributed by atoms with van der Waals surface area (Å²) in [5.41, 5.74) is 4.07. The summed E-state index contributed by atoms with van der Waals surface area (Å²) in [5, 5.41) is 0. The summed E-state index contributed by atoms with van der Waals surface area (Å²) < 4.78 is 0. The van der Waals surface area contributed by atoms with Gasteiger partial charge in [0.2, 0.25) is 0 Å². The third kappa shape index (κ3) is 3.82. The Kier molecular flexibility index (Phi) is 4.97. The highest BCUT2D eigenvalue weighted by atomic mass is 14.1. The first-order chi connectivity index (χ1) is 9.31. The minimum absolute atomic E-state index is 0.519. The molecule has 98 valence electrons. The van der Waals surface area contributed by atoms with Gasteiger partial charge in [-0.25, -0.2) is 0 Å². The largest absolute Gasteiger partial charge is 0.0764 e. The van der Waals surface area contributed by atoms with E-state index >= 15 is 0 Å². The third-order valence-electron chi connectivity index (χ3n) is 3.52. The van der Waals surface area contributed by atoms with Crippen molar-refractivity contribution in [3.8, 4) is 0 Å². The van der Waals surface area contributed by atoms with Gasteiger partial charge in [0.1, 0.15) is 0 Å². The van der Waals surface area contributed by atoms with Gasteiger partial charge in [-0.15, -0.1) is 0 Å². The fourth-order valence-corrected chi connectivity index (χ4v) is 2.38. The lowest BCUT2D eigenvalue weighted by molar-refractivity contribution is 0.719. The van der Waals surface area contributed by atoms with Crippen LogP contribution in [0.4, 0.5) is 0 Å². The van der Waals surface area contributed by atoms with Crippen LogP contribution in [0.1, 0.15) is 42.4 Å². The number of rotatable bonds is 5. The normalized spacial score (nSPS) is 12.7. The van der Waals surface area contributed by atoms with Gasteiger partial charge in [-0.1, -0.05) is 80.1 Å². The molecule has 0 heteroatoms. The van der Waals surface area contributed by atoms with Gasteiger partial charge in [0.25, 0.3) is 0 Å². The van der Waals surface area contributed by atoms with Gasteiger partial charge in [-0.2, -0.15) is 0 Å². The van der Waals surface area contributed by atoms with Crippen LogP contribution in [-0.2, 0) is 0 Å². The first-order valence-corrected chi connectivity index (χ1v) is 7.10. The van der Waals surface area contributed by atoms with Gasteiger partial charge in [-0.05, 0) is 30.0 Å². The zero-order valence-corrected chi connectivity index (χ0v) is 11.8. The Balaban J connectivity index is 2.20. The van der Waals surface area contributed by atoms with Gasteiger partial charge in [0.15, 0.2) is 0 Å². The van der Waals surface area contributed by atoms with E-state index in [1.807, 2.05) is 0 Å². The van der Waals surface area contributed by atoms with Gasteiger partial charge in [-0.3, -0.25) is 0 Å². The standard InChI is InChI=1S/C19H22/c1-3-9-18(19-12-5-4-6-13-19)15-14-17-11-8-7-10-16(17)2/h4-8,10-15,18H,3,9H2,1-2H3/b15-14+. The van der Waals surface area contributed by atoms with Crippen LogP contribution in [0.5, 0.6) is 0 Å². The fourth-order valence-electron chi connectivity index (χ4n) is 2.38. The van der Waals surface area contributed by atoms with E-state index in [1.165, 1.54) is 29.5 Å². The SMILES string of the molecule is CCCC(/C=C/c1ccccc1C)c1ccccc1. The Labute approximate surface area is 116 Å². The molecule has 0 bridgehead atoms. The minimum atomic E-state index is 0.519. The van der Waals surface area contributed by atoms with Crippen molar-refractivity contribution in [2.75, 3.05) is 0 Å². The van der Waals surface area contributed by atoms with Crippen LogP contribution in [0.3, 0.4) is 0 Å². The molecule has 0 aliphatic carbocycles. The van der Waals surface area contributed by atoms with Crippen molar-refractivity contribution in [1.29, 1.82) is 0 Å². The van der Waals surface area contributed by atoms with Crippen molar-refractivity contribution in [3.63, 3.8) is 0 Å². The number of hydrogen-bond acceptors (Lipinski definition) is 0. The minimum Gasteiger partial charge on any atom is -0.0764 e. The van der Waals surface area contributed by atoms with Crippen LogP contribution in [0.15, 0.2) is 60.7 Å². The fraction of sp³-hybridized carbons (Fsp3) is 0.263. The number of hydrogen-bond donors (Lipinski definition) is 0. The molecule has 0 heterocycles. The molecule has 0 spiro atoms. The van der Waals surface area contributed by atoms with E-state index in [4.69, 9.17) is 0 Å². The van der Waals surface area contributed by atoms with Crippen molar-refractivity contribution in [1.82, 2.24) is 0 Å². The molecule has 0 saturated carbocycles. The average Bonchev–Trinajstić information content (AvgIpc) is 2.46. The summed E-state index contributed by atoms with van der Waals surface area (Å²) in [6.45, 7) is 4.41. The molecule has 0 fully saturated rings. The van der Waals surface area contributed by atoms with Crippen molar-refractivity contribution in [3.05, 3.63) is 77.4 Å². The zero-order chi connectivity index (χ0) is 13.5. The van der Waals surface area contributed by atoms with Crippen LogP contribution in [0.2, 0.25) is 0 Å². The lowest BCUT2D eigenvalue weighted by Crippen LogP contribution is -1.94. The topological polar surface area (TPSA) is 0 Å². The summed E-state index contributed by atoms with van der Waals surface area (Å²) in [4.78, 5) is 0. The Hall–Kier alpha value is -1.82. The second kappa shape index (κ2) is 6.94. The van der Waals surface area contributed by atoms with Crippen LogP contribution in [-0.4, -0.2) is 0 Å². The van der Waals surface area contributed by atoms with Gasteiger partial charge in [0.05, 0.1) is 0 Å². The van der Waals surface area contributed by atoms with Crippen LogP contribution < -0.4 is 0 Å². The highest BCUT2D eigenvalue weighted by molar-refractivity contribution is 5.54. The van der Waals surface area contributed by atoms with E-state index in [0.29, 0.717) is 5.92 Å². The summed E-state index contributed by atoms with van der Waals surface area (Å²) in [7, 11) is 0. The van der Waals surface area contributed by atoms with E-state index in [2.05, 4.69) is 80.6 Å². The summed E-state index contributed by atoms with van der Waals surface area (Å²) >= 11 is 0. The summed E-state index contributed by atoms with van der Waals surface area (Å²) in [6.07, 6.45) is 7.02. The van der Waals surface area contributed by atoms with Crippen molar-refractivity contribution < 1.29 is 0 Å². The van der Waals surface area contributed by atoms with E-state index < -0.39 is 0 Å². The van der Waals surface area contributed by atoms with Crippen LogP contribution in [0, 0.1) is 6.92 Å². The predicted octanol–water partition coefficient (Wildman–Crippen LogP) is 5.59. The third-order valence-corrected chi connectivity index (χ3v) is 3.52. The molecule has 0 nitrogen and oxygen atoms in total. The summed E-state index contributed by atoms with van der Waals surface area (Å²) in [6, 6.07) is 19.3. The lowest BCUT2D eigenvalue weighted by atomic mass is 9.93. The maximum Gasteiger partial charge on any atom is 0.00212 e. The molecule has 0 N–H and O–H groups in total. The molecule has 0 saturated heterocycles. The average molecular weight is 250 g/mol. The molecule has 1 unspecified atom stereocenters. The molecule has 2 aromatic carbocycles. The molecule has 0 aliphatic heterocycles. The Morgan fingerprint density at radius 1 is 0.947 bits per heavy atom. The lowest BCUT2D eigenvalue weighted by Gasteiger charge is -2.12. The van der Waals surface area contributed by atoms with E-state index in [1.54, 1.807) is 0 Å². The summed E-state index contributed by atoms with van der Waals surface area (Å²) in [5.74, 6) is 0.519. The second-order valence-corrected chi connectivity index (χ2v) is 5.02. The predicted molar refractivity (Wildman–Crippen MR) is 84.3 cm³/mol. The number of aryl methyl sites for hydroxylation is 1. The maximum atomic E-state index is 2.35. The quantitative estimate of drug-likeness (QED) is 0.648. The second-order valence-electron chi connectivity index (χ2n) is 5.02. The first kappa shape index (κ1) is 13.6. The Bertz CT molecular complexity index is 523. The van der Waals surface area contributed by atoms with E-state index in [-0.39, 0.29) is 0 Å². The molecule has 2 rings (SSSR count). The molecule has 0 aromatic heterocycles. The monoisotopic (exact) mass is 250 g/mol. The molecule has 0 radical (unpaired) electrons. The highest BCUT2D eigenvalue weighted by Gasteiger charge is 2.06. The van der Waals surface area contributed by atoms with Crippen molar-refractivity contribution >= 4 is 6.08 Å². The molecule has 2 aromatic rings. The van der Waals surface area contributed by atoms with Crippen molar-refractivity contribution in [2.45, 2.75) is 32.6 Å². The Morgan fingerprint density at radius 3 is 2.32 bits per heavy atom. The molecular weight excluding hydrogens is 228 g/mol. The van der Waals surface area contributed by atoms with Crippen LogP contribution in [0.25, 0.3) is 6.08 Å². The van der Waals surface area contributed by atoms with E-state index in [0.717, 1.165) is 0 Å².